The van der Waals surface area contributed by atoms with Gasteiger partial charge in [-0.05, 0) is 44.0 Å². The Balaban J connectivity index is 2.36. The largest absolute Gasteiger partial charge is 0.283 e. The molecule has 18 heavy (non-hydrogen) atoms. The number of halogens is 2. The first-order chi connectivity index (χ1) is 8.40. The molecule has 0 radical (unpaired) electrons. The molecule has 0 aliphatic heterocycles. The first-order valence-corrected chi connectivity index (χ1v) is 7.66. The molecule has 7 nitrogen and oxygen atoms in total. The molecule has 0 saturated carbocycles. The number of nitrogens with one attached hydrogen (secondary N) is 1. The number of pyridine rings is 1. The molecule has 2 rings (SSSR count). The summed E-state index contributed by atoms with van der Waals surface area (Å²) in [7, 11) is -2.29. The number of nitrogens with zero attached hydrogens (tertiary/aromatic N) is 4. The van der Waals surface area contributed by atoms with E-state index in [0.29, 0.717) is 0 Å². The predicted molar refractivity (Wildman–Crippen MR) is 71.4 cm³/mol. The van der Waals surface area contributed by atoms with Crippen LogP contribution in [0.3, 0.4) is 0 Å². The van der Waals surface area contributed by atoms with E-state index < -0.39 is 10.0 Å². The van der Waals surface area contributed by atoms with Crippen LogP contribution in [0, 0.1) is 0 Å². The Bertz CT molecular complexity index is 648. The number of sulfonamides is 1. The summed E-state index contributed by atoms with van der Waals surface area (Å²) in [6.07, 6.45) is 1.49. The maximum Gasteiger partial charge on any atom is 0.283 e. The number of aryl methyl sites for hydroxylation is 1. The molecule has 1 N–H and O–H groups in total. The van der Waals surface area contributed by atoms with E-state index in [1.54, 1.807) is 12.1 Å². The lowest BCUT2D eigenvalue weighted by Crippen LogP contribution is -2.17. The van der Waals surface area contributed by atoms with Crippen LogP contribution in [-0.2, 0) is 17.1 Å². The van der Waals surface area contributed by atoms with Gasteiger partial charge in [0.25, 0.3) is 10.0 Å². The van der Waals surface area contributed by atoms with E-state index in [2.05, 4.69) is 51.9 Å². The van der Waals surface area contributed by atoms with Crippen molar-refractivity contribution in [2.24, 2.45) is 7.05 Å². The van der Waals surface area contributed by atoms with Gasteiger partial charge in [0, 0.05) is 17.7 Å². The van der Waals surface area contributed by atoms with Crippen molar-refractivity contribution in [1.82, 2.24) is 20.0 Å². The lowest BCUT2D eigenvalue weighted by Gasteiger charge is -2.06. The van der Waals surface area contributed by atoms with E-state index in [1.165, 1.54) is 13.2 Å². The number of aromatic nitrogens is 4. The summed E-state index contributed by atoms with van der Waals surface area (Å²) in [5, 5.41) is 7.17. The highest BCUT2D eigenvalue weighted by Crippen LogP contribution is 2.21. The molecular formula is C8H7Br2N5O2S. The Hall–Kier alpha value is -1.00. The lowest BCUT2D eigenvalue weighted by atomic mass is 10.5. The number of anilines is 1. The minimum absolute atomic E-state index is 0.0628. The van der Waals surface area contributed by atoms with Gasteiger partial charge in [-0.1, -0.05) is 5.21 Å². The third-order valence-corrected chi connectivity index (χ3v) is 4.67. The highest BCUT2D eigenvalue weighted by molar-refractivity contribution is 9.10. The molecule has 2 aromatic heterocycles. The lowest BCUT2D eigenvalue weighted by molar-refractivity contribution is 0.578. The maximum atomic E-state index is 12.1. The second-order valence-electron chi connectivity index (χ2n) is 3.28. The maximum absolute atomic E-state index is 12.1. The summed E-state index contributed by atoms with van der Waals surface area (Å²) < 4.78 is 28.6. The van der Waals surface area contributed by atoms with Crippen LogP contribution in [0.15, 0.2) is 32.4 Å². The van der Waals surface area contributed by atoms with Crippen LogP contribution in [0.4, 0.5) is 5.82 Å². The van der Waals surface area contributed by atoms with Gasteiger partial charge in [0.2, 0.25) is 5.03 Å². The second kappa shape index (κ2) is 4.94. The van der Waals surface area contributed by atoms with Gasteiger partial charge in [-0.3, -0.25) is 4.72 Å². The fourth-order valence-electron chi connectivity index (χ4n) is 1.23. The zero-order chi connectivity index (χ0) is 13.3. The third kappa shape index (κ3) is 2.70. The smallest absolute Gasteiger partial charge is 0.262 e. The van der Waals surface area contributed by atoms with E-state index in [9.17, 15) is 8.42 Å². The molecule has 0 spiro atoms. The highest BCUT2D eigenvalue weighted by atomic mass is 79.9. The molecule has 0 aliphatic carbocycles. The summed E-state index contributed by atoms with van der Waals surface area (Å²) in [6.45, 7) is 0. The van der Waals surface area contributed by atoms with Crippen molar-refractivity contribution >= 4 is 47.7 Å². The van der Waals surface area contributed by atoms with Gasteiger partial charge in [-0.2, -0.15) is 8.42 Å². The molecule has 0 bridgehead atoms. The van der Waals surface area contributed by atoms with Crippen LogP contribution >= 0.6 is 31.9 Å². The average Bonchev–Trinajstić information content (AvgIpc) is 2.62. The van der Waals surface area contributed by atoms with E-state index in [1.807, 2.05) is 0 Å². The van der Waals surface area contributed by atoms with Crippen molar-refractivity contribution in [3.05, 3.63) is 27.4 Å². The zero-order valence-corrected chi connectivity index (χ0v) is 13.0. The third-order valence-electron chi connectivity index (χ3n) is 1.96. The average molecular weight is 397 g/mol. The van der Waals surface area contributed by atoms with E-state index in [4.69, 9.17) is 0 Å². The monoisotopic (exact) mass is 395 g/mol. The van der Waals surface area contributed by atoms with E-state index >= 15 is 0 Å². The van der Waals surface area contributed by atoms with Gasteiger partial charge in [0.1, 0.15) is 5.82 Å². The van der Waals surface area contributed by atoms with E-state index in [0.717, 1.165) is 9.15 Å². The number of hydrogen-bond donors (Lipinski definition) is 1. The summed E-state index contributed by atoms with van der Waals surface area (Å²) in [6, 6.07) is 3.22. The summed E-state index contributed by atoms with van der Waals surface area (Å²) in [4.78, 5) is 3.93. The highest BCUT2D eigenvalue weighted by Gasteiger charge is 2.24. The SMILES string of the molecule is Cn1nnc(Br)c1S(=O)(=O)Nc1ccc(Br)cn1. The Morgan fingerprint density at radius 3 is 2.56 bits per heavy atom. The van der Waals surface area contributed by atoms with Gasteiger partial charge >= 0.3 is 0 Å². The Labute approximate surface area is 120 Å². The summed E-state index contributed by atoms with van der Waals surface area (Å²) >= 11 is 6.25. The molecule has 0 saturated heterocycles. The molecule has 0 unspecified atom stereocenters. The first-order valence-electron chi connectivity index (χ1n) is 4.60. The molecule has 96 valence electrons. The summed E-state index contributed by atoms with van der Waals surface area (Å²) in [5.41, 5.74) is 0. The van der Waals surface area contributed by atoms with Crippen LogP contribution in [0.25, 0.3) is 0 Å². The Morgan fingerprint density at radius 2 is 2.06 bits per heavy atom. The predicted octanol–water partition coefficient (Wildman–Crippen LogP) is 1.54. The first kappa shape index (κ1) is 13.4. The minimum atomic E-state index is -3.78. The molecule has 2 heterocycles. The van der Waals surface area contributed by atoms with Crippen molar-refractivity contribution in [2.75, 3.05) is 4.72 Å². The van der Waals surface area contributed by atoms with Crippen LogP contribution in [0.5, 0.6) is 0 Å². The van der Waals surface area contributed by atoms with Crippen LogP contribution in [0.1, 0.15) is 0 Å². The van der Waals surface area contributed by atoms with Crippen LogP contribution in [-0.4, -0.2) is 28.4 Å². The minimum Gasteiger partial charge on any atom is -0.262 e. The van der Waals surface area contributed by atoms with Gasteiger partial charge < -0.3 is 0 Å². The van der Waals surface area contributed by atoms with Gasteiger partial charge in [0.15, 0.2) is 4.60 Å². The van der Waals surface area contributed by atoms with Crippen molar-refractivity contribution in [2.45, 2.75) is 5.03 Å². The fraction of sp³-hybridized carbons (Fsp3) is 0.125. The fourth-order valence-corrected chi connectivity index (χ4v) is 3.57. The zero-order valence-electron chi connectivity index (χ0n) is 9.00. The van der Waals surface area contributed by atoms with Crippen LogP contribution < -0.4 is 4.72 Å². The molecule has 0 aromatic carbocycles. The molecule has 0 amide bonds. The molecule has 10 heteroatoms. The van der Waals surface area contributed by atoms with Gasteiger partial charge in [0.05, 0.1) is 0 Å². The quantitative estimate of drug-likeness (QED) is 0.849. The Kier molecular flexibility index (Phi) is 3.69. The molecular weight excluding hydrogens is 390 g/mol. The van der Waals surface area contributed by atoms with Crippen molar-refractivity contribution in [3.63, 3.8) is 0 Å². The van der Waals surface area contributed by atoms with Crippen LogP contribution in [0.2, 0.25) is 0 Å². The topological polar surface area (TPSA) is 89.8 Å². The Morgan fingerprint density at radius 1 is 1.33 bits per heavy atom. The molecule has 0 fully saturated rings. The van der Waals surface area contributed by atoms with Crippen molar-refractivity contribution in [1.29, 1.82) is 0 Å². The normalized spacial score (nSPS) is 11.5. The van der Waals surface area contributed by atoms with Gasteiger partial charge in [-0.25, -0.2) is 9.67 Å². The molecule has 0 atom stereocenters. The number of hydrogen-bond acceptors (Lipinski definition) is 5. The van der Waals surface area contributed by atoms with Crippen molar-refractivity contribution in [3.8, 4) is 0 Å². The second-order valence-corrected chi connectivity index (χ2v) is 6.54. The molecule has 2 aromatic rings. The van der Waals surface area contributed by atoms with Crippen molar-refractivity contribution < 1.29 is 8.42 Å². The number of rotatable bonds is 3. The van der Waals surface area contributed by atoms with Gasteiger partial charge in [-0.15, -0.1) is 5.10 Å². The van der Waals surface area contributed by atoms with E-state index in [-0.39, 0.29) is 15.4 Å². The standard InChI is InChI=1S/C8H7Br2N5O2S/c1-15-8(7(10)12-14-15)18(16,17)13-6-3-2-5(9)4-11-6/h2-4H,1H3,(H,11,13). The summed E-state index contributed by atoms with van der Waals surface area (Å²) in [5.74, 6) is 0.214. The molecule has 0 aliphatic rings.